The Morgan fingerprint density at radius 3 is 2.71 bits per heavy atom. The van der Waals surface area contributed by atoms with Crippen LogP contribution >= 0.6 is 0 Å². The Morgan fingerprint density at radius 2 is 2.12 bits per heavy atom. The van der Waals surface area contributed by atoms with E-state index in [4.69, 9.17) is 0 Å². The molecular formula is C12H12FN3O. The van der Waals surface area contributed by atoms with E-state index in [0.717, 1.165) is 5.69 Å². The van der Waals surface area contributed by atoms with Gasteiger partial charge in [0.25, 0.3) is 5.91 Å². The van der Waals surface area contributed by atoms with Crippen molar-refractivity contribution in [1.29, 1.82) is 0 Å². The van der Waals surface area contributed by atoms with Crippen molar-refractivity contribution in [3.05, 3.63) is 47.7 Å². The second-order valence-corrected chi connectivity index (χ2v) is 3.70. The van der Waals surface area contributed by atoms with Crippen LogP contribution in [0.15, 0.2) is 36.4 Å². The Hall–Kier alpha value is -2.17. The van der Waals surface area contributed by atoms with Crippen LogP contribution in [0, 0.1) is 6.92 Å². The number of carbonyl (C=O) groups excluding carboxylic acids is 1. The highest BCUT2D eigenvalue weighted by Gasteiger charge is 2.19. The van der Waals surface area contributed by atoms with Gasteiger partial charge in [0.05, 0.1) is 0 Å². The second kappa shape index (κ2) is 4.78. The van der Waals surface area contributed by atoms with Gasteiger partial charge in [-0.05, 0) is 12.5 Å². The average molecular weight is 233 g/mol. The Kier molecular flexibility index (Phi) is 3.18. The van der Waals surface area contributed by atoms with Crippen LogP contribution in [-0.4, -0.2) is 16.1 Å². The number of halogens is 1. The van der Waals surface area contributed by atoms with E-state index in [2.05, 4.69) is 15.5 Å². The molecule has 2 rings (SSSR count). The zero-order chi connectivity index (χ0) is 12.3. The van der Waals surface area contributed by atoms with Gasteiger partial charge >= 0.3 is 0 Å². The summed E-state index contributed by atoms with van der Waals surface area (Å²) >= 11 is 0. The lowest BCUT2D eigenvalue weighted by molar-refractivity contribution is -0.121. The van der Waals surface area contributed by atoms with Crippen LogP contribution in [0.25, 0.3) is 0 Å². The summed E-state index contributed by atoms with van der Waals surface area (Å²) < 4.78 is 13.8. The number of hydrogen-bond acceptors (Lipinski definition) is 2. The lowest BCUT2D eigenvalue weighted by Gasteiger charge is -2.07. The largest absolute Gasteiger partial charge is 0.306 e. The molecule has 0 aliphatic carbocycles. The van der Waals surface area contributed by atoms with Crippen molar-refractivity contribution in [2.75, 3.05) is 5.32 Å². The maximum atomic E-state index is 13.8. The van der Waals surface area contributed by atoms with Crippen LogP contribution in [-0.2, 0) is 4.79 Å². The summed E-state index contributed by atoms with van der Waals surface area (Å²) in [6.45, 7) is 1.80. The normalized spacial score (nSPS) is 12.1. The number of carbonyl (C=O) groups is 1. The number of aromatic amines is 1. The van der Waals surface area contributed by atoms with Crippen molar-refractivity contribution in [2.45, 2.75) is 13.1 Å². The van der Waals surface area contributed by atoms with Crippen molar-refractivity contribution in [2.24, 2.45) is 0 Å². The first-order valence-electron chi connectivity index (χ1n) is 5.18. The molecule has 88 valence electrons. The molecule has 0 spiro atoms. The van der Waals surface area contributed by atoms with Gasteiger partial charge in [-0.2, -0.15) is 5.10 Å². The van der Waals surface area contributed by atoms with E-state index in [1.165, 1.54) is 0 Å². The zero-order valence-electron chi connectivity index (χ0n) is 9.27. The van der Waals surface area contributed by atoms with Crippen molar-refractivity contribution in [3.63, 3.8) is 0 Å². The fraction of sp³-hybridized carbons (Fsp3) is 0.167. The number of amides is 1. The minimum absolute atomic E-state index is 0.325. The molecule has 4 nitrogen and oxygen atoms in total. The number of hydrogen-bond donors (Lipinski definition) is 2. The number of anilines is 1. The molecule has 17 heavy (non-hydrogen) atoms. The molecule has 0 radical (unpaired) electrons. The first-order chi connectivity index (χ1) is 8.16. The van der Waals surface area contributed by atoms with Gasteiger partial charge in [-0.1, -0.05) is 30.3 Å². The molecule has 1 atom stereocenters. The Morgan fingerprint density at radius 1 is 1.41 bits per heavy atom. The van der Waals surface area contributed by atoms with Gasteiger partial charge < -0.3 is 5.32 Å². The Balaban J connectivity index is 2.06. The maximum Gasteiger partial charge on any atom is 0.264 e. The summed E-state index contributed by atoms with van der Waals surface area (Å²) in [4.78, 5) is 11.6. The number of nitrogens with zero attached hydrogens (tertiary/aromatic N) is 1. The summed E-state index contributed by atoms with van der Waals surface area (Å²) in [6.07, 6.45) is -1.69. The van der Waals surface area contributed by atoms with E-state index < -0.39 is 12.1 Å². The highest BCUT2D eigenvalue weighted by atomic mass is 19.1. The van der Waals surface area contributed by atoms with Crippen molar-refractivity contribution in [1.82, 2.24) is 10.2 Å². The molecule has 0 bridgehead atoms. The molecule has 5 heteroatoms. The van der Waals surface area contributed by atoms with Crippen LogP contribution in [0.5, 0.6) is 0 Å². The minimum atomic E-state index is -1.69. The molecule has 2 N–H and O–H groups in total. The number of benzene rings is 1. The van der Waals surface area contributed by atoms with E-state index in [-0.39, 0.29) is 0 Å². The summed E-state index contributed by atoms with van der Waals surface area (Å²) in [5.74, 6) is -0.395. The number of rotatable bonds is 3. The fourth-order valence-electron chi connectivity index (χ4n) is 1.45. The van der Waals surface area contributed by atoms with Gasteiger partial charge in [0.15, 0.2) is 5.82 Å². The van der Waals surface area contributed by atoms with E-state index in [0.29, 0.717) is 11.4 Å². The van der Waals surface area contributed by atoms with E-state index in [1.807, 2.05) is 0 Å². The molecule has 0 fully saturated rings. The number of aryl methyl sites for hydroxylation is 1. The van der Waals surface area contributed by atoms with Gasteiger partial charge in [0.2, 0.25) is 6.17 Å². The molecule has 2 aromatic rings. The molecule has 0 aliphatic rings. The van der Waals surface area contributed by atoms with Crippen LogP contribution < -0.4 is 5.32 Å². The molecule has 0 saturated carbocycles. The fourth-order valence-corrected chi connectivity index (χ4v) is 1.45. The first kappa shape index (κ1) is 11.3. The van der Waals surface area contributed by atoms with E-state index >= 15 is 0 Å². The first-order valence-corrected chi connectivity index (χ1v) is 5.18. The smallest absolute Gasteiger partial charge is 0.264 e. The second-order valence-electron chi connectivity index (χ2n) is 3.70. The molecule has 1 aromatic heterocycles. The Labute approximate surface area is 97.9 Å². The number of H-pyrrole nitrogens is 1. The monoisotopic (exact) mass is 233 g/mol. The summed E-state index contributed by atoms with van der Waals surface area (Å²) in [6, 6.07) is 9.92. The van der Waals surface area contributed by atoms with Crippen LogP contribution in [0.2, 0.25) is 0 Å². The summed E-state index contributed by atoms with van der Waals surface area (Å²) in [7, 11) is 0. The number of nitrogens with one attached hydrogen (secondary N) is 2. The van der Waals surface area contributed by atoms with E-state index in [1.54, 1.807) is 43.3 Å². The van der Waals surface area contributed by atoms with Gasteiger partial charge in [-0.15, -0.1) is 0 Å². The highest BCUT2D eigenvalue weighted by Crippen LogP contribution is 2.18. The molecule has 1 amide bonds. The molecule has 0 aliphatic heterocycles. The average Bonchev–Trinajstić information content (AvgIpc) is 2.75. The summed E-state index contributed by atoms with van der Waals surface area (Å²) in [5.41, 5.74) is 1.13. The quantitative estimate of drug-likeness (QED) is 0.855. The van der Waals surface area contributed by atoms with Gasteiger partial charge in [0, 0.05) is 11.8 Å². The van der Waals surface area contributed by atoms with Crippen LogP contribution in [0.3, 0.4) is 0 Å². The third-order valence-electron chi connectivity index (χ3n) is 2.28. The zero-order valence-corrected chi connectivity index (χ0v) is 9.27. The lowest BCUT2D eigenvalue weighted by atomic mass is 10.1. The van der Waals surface area contributed by atoms with Gasteiger partial charge in [-0.3, -0.25) is 9.89 Å². The topological polar surface area (TPSA) is 57.8 Å². The molecule has 0 saturated heterocycles. The third-order valence-corrected chi connectivity index (χ3v) is 2.28. The summed E-state index contributed by atoms with van der Waals surface area (Å²) in [5, 5.41) is 8.88. The van der Waals surface area contributed by atoms with Crippen molar-refractivity contribution >= 4 is 11.7 Å². The predicted octanol–water partition coefficient (Wildman–Crippen LogP) is 2.37. The molecule has 1 unspecified atom stereocenters. The van der Waals surface area contributed by atoms with Crippen LogP contribution in [0.1, 0.15) is 17.4 Å². The van der Waals surface area contributed by atoms with Crippen molar-refractivity contribution < 1.29 is 9.18 Å². The third kappa shape index (κ3) is 2.69. The molecule has 1 aromatic carbocycles. The van der Waals surface area contributed by atoms with Crippen LogP contribution in [0.4, 0.5) is 10.2 Å². The minimum Gasteiger partial charge on any atom is -0.306 e. The van der Waals surface area contributed by atoms with E-state index in [9.17, 15) is 9.18 Å². The van der Waals surface area contributed by atoms with Gasteiger partial charge in [-0.25, -0.2) is 4.39 Å². The molecular weight excluding hydrogens is 221 g/mol. The molecule has 1 heterocycles. The van der Waals surface area contributed by atoms with Gasteiger partial charge in [0.1, 0.15) is 0 Å². The lowest BCUT2D eigenvalue weighted by Crippen LogP contribution is -2.18. The number of aromatic nitrogens is 2. The number of alkyl halides is 1. The Bertz CT molecular complexity index is 509. The maximum absolute atomic E-state index is 13.8. The SMILES string of the molecule is Cc1cc(NC(=O)C(F)c2ccccc2)n[nH]1. The predicted molar refractivity (Wildman–Crippen MR) is 62.2 cm³/mol. The van der Waals surface area contributed by atoms with Crippen molar-refractivity contribution in [3.8, 4) is 0 Å². The standard InChI is InChI=1S/C12H12FN3O/c1-8-7-10(16-15-8)14-12(17)11(13)9-5-3-2-4-6-9/h2-7,11H,1H3,(H2,14,15,16,17). The highest BCUT2D eigenvalue weighted by molar-refractivity contribution is 5.93.